The first kappa shape index (κ1) is 25.9. The molecule has 0 saturated carbocycles. The van der Waals surface area contributed by atoms with E-state index in [1.165, 1.54) is 11.0 Å². The second-order valence-electron chi connectivity index (χ2n) is 7.78. The smallest absolute Gasteiger partial charge is 0.340 e. The third-order valence-corrected chi connectivity index (χ3v) is 6.00. The Morgan fingerprint density at radius 1 is 0.944 bits per heavy atom. The number of fused-ring (bicyclic) bond motifs is 1. The summed E-state index contributed by atoms with van der Waals surface area (Å²) in [7, 11) is 4.53. The molecule has 0 bridgehead atoms. The number of amidine groups is 1. The van der Waals surface area contributed by atoms with Gasteiger partial charge >= 0.3 is 23.9 Å². The van der Waals surface area contributed by atoms with E-state index in [2.05, 4.69) is 0 Å². The highest BCUT2D eigenvalue weighted by Gasteiger charge is 2.52. The average Bonchev–Trinajstić information content (AvgIpc) is 3.12. The summed E-state index contributed by atoms with van der Waals surface area (Å²) in [4.78, 5) is 52.1. The molecule has 3 N–H and O–H groups in total. The van der Waals surface area contributed by atoms with Gasteiger partial charge in [-0.15, -0.1) is 0 Å². The van der Waals surface area contributed by atoms with E-state index in [1.54, 1.807) is 37.3 Å². The molecule has 1 heterocycles. The SMILES string of the molecule is COC(=O)/C=C(/C(=O)OC)[C@@]1(C)c2cc(C(=O)OC)c(C(=O)OC)c(N)c2C(=N)N1c1ccccc1. The lowest BCUT2D eigenvalue weighted by Gasteiger charge is -2.38. The van der Waals surface area contributed by atoms with Crippen molar-refractivity contribution in [3.8, 4) is 0 Å². The summed E-state index contributed by atoms with van der Waals surface area (Å²) >= 11 is 0. The van der Waals surface area contributed by atoms with E-state index in [1.807, 2.05) is 0 Å². The second kappa shape index (κ2) is 9.90. The third kappa shape index (κ3) is 3.94. The quantitative estimate of drug-likeness (QED) is 0.263. The number of hydrogen-bond donors (Lipinski definition) is 2. The van der Waals surface area contributed by atoms with Crippen LogP contribution in [-0.4, -0.2) is 58.2 Å². The maximum Gasteiger partial charge on any atom is 0.340 e. The van der Waals surface area contributed by atoms with Gasteiger partial charge in [-0.2, -0.15) is 0 Å². The number of benzene rings is 2. The topological polar surface area (TPSA) is 158 Å². The number of anilines is 2. The number of carbonyl (C=O) groups excluding carboxylic acids is 4. The maximum atomic E-state index is 13.0. The Balaban J connectivity index is 2.53. The van der Waals surface area contributed by atoms with Gasteiger partial charge in [-0.1, -0.05) is 18.2 Å². The predicted octanol–water partition coefficient (Wildman–Crippen LogP) is 2.18. The molecule has 2 aromatic rings. The molecule has 1 aliphatic heterocycles. The highest BCUT2D eigenvalue weighted by Crippen LogP contribution is 2.50. The summed E-state index contributed by atoms with van der Waals surface area (Å²) in [5, 5.41) is 9.04. The van der Waals surface area contributed by atoms with Gasteiger partial charge in [-0.25, -0.2) is 19.2 Å². The van der Waals surface area contributed by atoms with Crippen molar-refractivity contribution in [2.24, 2.45) is 0 Å². The van der Waals surface area contributed by atoms with Crippen LogP contribution in [0.2, 0.25) is 0 Å². The molecule has 0 aromatic heterocycles. The summed E-state index contributed by atoms with van der Waals surface area (Å²) in [5.74, 6) is -3.75. The molecule has 0 radical (unpaired) electrons. The average molecular weight is 495 g/mol. The van der Waals surface area contributed by atoms with E-state index in [-0.39, 0.29) is 39.3 Å². The molecule has 188 valence electrons. The van der Waals surface area contributed by atoms with E-state index >= 15 is 0 Å². The molecular weight excluding hydrogens is 470 g/mol. The minimum atomic E-state index is -1.61. The van der Waals surface area contributed by atoms with Gasteiger partial charge in [0.1, 0.15) is 11.4 Å². The largest absolute Gasteiger partial charge is 0.466 e. The molecule has 11 nitrogen and oxygen atoms in total. The molecule has 1 atom stereocenters. The Kier molecular flexibility index (Phi) is 7.14. The van der Waals surface area contributed by atoms with Crippen LogP contribution in [0, 0.1) is 5.41 Å². The molecular formula is C25H25N3O8. The number of hydrogen-bond acceptors (Lipinski definition) is 10. The minimum absolute atomic E-state index is 0.0640. The summed E-state index contributed by atoms with van der Waals surface area (Å²) in [6.45, 7) is 1.56. The van der Waals surface area contributed by atoms with E-state index in [9.17, 15) is 19.2 Å². The van der Waals surface area contributed by atoms with Crippen molar-refractivity contribution < 1.29 is 38.1 Å². The zero-order chi connectivity index (χ0) is 26.8. The fraction of sp³-hybridized carbons (Fsp3) is 0.240. The number of nitrogens with two attached hydrogens (primary N) is 1. The number of methoxy groups -OCH3 is 4. The monoisotopic (exact) mass is 495 g/mol. The summed E-state index contributed by atoms with van der Waals surface area (Å²) in [6, 6.07) is 9.87. The maximum absolute atomic E-state index is 13.0. The first-order chi connectivity index (χ1) is 17.1. The number of rotatable bonds is 6. The molecule has 2 aromatic carbocycles. The van der Waals surface area contributed by atoms with E-state index in [4.69, 9.17) is 30.1 Å². The molecule has 0 saturated heterocycles. The number of nitrogens with one attached hydrogen (secondary N) is 1. The lowest BCUT2D eigenvalue weighted by molar-refractivity contribution is -0.139. The molecule has 1 aliphatic rings. The van der Waals surface area contributed by atoms with E-state index in [0.717, 1.165) is 34.5 Å². The van der Waals surface area contributed by atoms with Crippen LogP contribution in [0.4, 0.5) is 11.4 Å². The van der Waals surface area contributed by atoms with Crippen molar-refractivity contribution in [3.05, 3.63) is 70.3 Å². The standard InChI is InChI=1S/C25H25N3O8/c1-25(16(23(31)35-4)12-17(29)33-2)15-11-14(22(30)34-3)18(24(32)36-5)20(26)19(15)21(27)28(25)13-9-7-6-8-10-13/h6-12,27H,26H2,1-5H3/b16-12-,27-21?/t25-/m1/s1. The summed E-state index contributed by atoms with van der Waals surface area (Å²) in [6.07, 6.45) is 0.951. The van der Waals surface area contributed by atoms with Crippen LogP contribution in [0.3, 0.4) is 0 Å². The van der Waals surface area contributed by atoms with Crippen LogP contribution >= 0.6 is 0 Å². The minimum Gasteiger partial charge on any atom is -0.466 e. The normalized spacial score (nSPS) is 16.8. The van der Waals surface area contributed by atoms with Gasteiger partial charge in [0.2, 0.25) is 0 Å². The first-order valence-electron chi connectivity index (χ1n) is 10.5. The third-order valence-electron chi connectivity index (χ3n) is 6.00. The van der Waals surface area contributed by atoms with E-state index < -0.39 is 29.4 Å². The highest BCUT2D eigenvalue weighted by molar-refractivity contribution is 6.22. The number of nitrogen functional groups attached to an aromatic ring is 1. The van der Waals surface area contributed by atoms with Crippen LogP contribution in [0.1, 0.15) is 38.8 Å². The van der Waals surface area contributed by atoms with Crippen LogP contribution in [-0.2, 0) is 34.1 Å². The van der Waals surface area contributed by atoms with Crippen LogP contribution in [0.25, 0.3) is 0 Å². The molecule has 11 heteroatoms. The van der Waals surface area contributed by atoms with Crippen molar-refractivity contribution in [3.63, 3.8) is 0 Å². The van der Waals surface area contributed by atoms with E-state index in [0.29, 0.717) is 5.69 Å². The molecule has 3 rings (SSSR count). The number of nitrogens with zero attached hydrogens (tertiary/aromatic N) is 1. The van der Waals surface area contributed by atoms with Crippen molar-refractivity contribution in [2.75, 3.05) is 39.1 Å². The summed E-state index contributed by atoms with van der Waals surface area (Å²) < 4.78 is 19.4. The molecule has 0 fully saturated rings. The number of para-hydroxylation sites is 1. The van der Waals surface area contributed by atoms with Crippen molar-refractivity contribution in [1.29, 1.82) is 5.41 Å². The Bertz CT molecular complexity index is 1300. The number of ether oxygens (including phenoxy) is 4. The zero-order valence-electron chi connectivity index (χ0n) is 20.3. The van der Waals surface area contributed by atoms with Crippen LogP contribution in [0.15, 0.2) is 48.0 Å². The Labute approximate surface area is 206 Å². The highest BCUT2D eigenvalue weighted by atomic mass is 16.5. The van der Waals surface area contributed by atoms with Gasteiger partial charge in [0, 0.05) is 17.3 Å². The Hall–Kier alpha value is -4.67. The van der Waals surface area contributed by atoms with Crippen LogP contribution < -0.4 is 10.6 Å². The van der Waals surface area contributed by atoms with Crippen molar-refractivity contribution in [1.82, 2.24) is 0 Å². The molecule has 36 heavy (non-hydrogen) atoms. The zero-order valence-corrected chi connectivity index (χ0v) is 20.3. The predicted molar refractivity (Wildman–Crippen MR) is 129 cm³/mol. The van der Waals surface area contributed by atoms with Gasteiger partial charge < -0.3 is 29.6 Å². The lowest BCUT2D eigenvalue weighted by Crippen LogP contribution is -2.46. The second-order valence-corrected chi connectivity index (χ2v) is 7.78. The fourth-order valence-corrected chi connectivity index (χ4v) is 4.31. The molecule has 0 unspecified atom stereocenters. The first-order valence-corrected chi connectivity index (χ1v) is 10.5. The Morgan fingerprint density at radius 2 is 1.56 bits per heavy atom. The van der Waals surface area contributed by atoms with Gasteiger partial charge in [0.05, 0.1) is 50.8 Å². The van der Waals surface area contributed by atoms with Gasteiger partial charge in [-0.05, 0) is 30.7 Å². The number of esters is 4. The van der Waals surface area contributed by atoms with Gasteiger partial charge in [-0.3, -0.25) is 5.41 Å². The number of carbonyl (C=O) groups is 4. The molecule has 0 amide bonds. The summed E-state index contributed by atoms with van der Waals surface area (Å²) in [5.41, 5.74) is 4.53. The fourth-order valence-electron chi connectivity index (χ4n) is 4.31. The van der Waals surface area contributed by atoms with Crippen molar-refractivity contribution in [2.45, 2.75) is 12.5 Å². The molecule has 0 spiro atoms. The van der Waals surface area contributed by atoms with Gasteiger partial charge in [0.15, 0.2) is 0 Å². The molecule has 0 aliphatic carbocycles. The van der Waals surface area contributed by atoms with Gasteiger partial charge in [0.25, 0.3) is 0 Å². The van der Waals surface area contributed by atoms with Crippen LogP contribution in [0.5, 0.6) is 0 Å². The lowest BCUT2D eigenvalue weighted by atomic mass is 9.81. The Morgan fingerprint density at radius 3 is 2.08 bits per heavy atom. The van der Waals surface area contributed by atoms with Crippen molar-refractivity contribution >= 4 is 41.1 Å².